The summed E-state index contributed by atoms with van der Waals surface area (Å²) >= 11 is 0. The van der Waals surface area contributed by atoms with Crippen molar-refractivity contribution in [3.63, 3.8) is 0 Å². The minimum atomic E-state index is -0.269. The van der Waals surface area contributed by atoms with Gasteiger partial charge in [0, 0.05) is 6.92 Å². The van der Waals surface area contributed by atoms with Crippen molar-refractivity contribution in [3.8, 4) is 0 Å². The number of esters is 1. The zero-order valence-corrected chi connectivity index (χ0v) is 10.5. The van der Waals surface area contributed by atoms with E-state index in [4.69, 9.17) is 9.47 Å². The van der Waals surface area contributed by atoms with Crippen molar-refractivity contribution in [2.75, 3.05) is 19.8 Å². The van der Waals surface area contributed by atoms with Crippen molar-refractivity contribution in [3.05, 3.63) is 48.6 Å². The maximum absolute atomic E-state index is 10.4. The van der Waals surface area contributed by atoms with Crippen LogP contribution in [0.3, 0.4) is 0 Å². The minimum absolute atomic E-state index is 0.269. The highest BCUT2D eigenvalue weighted by Gasteiger charge is 1.85. The molecule has 0 aliphatic heterocycles. The Balaban J connectivity index is 3.39. The van der Waals surface area contributed by atoms with Gasteiger partial charge in [-0.3, -0.25) is 4.79 Å². The van der Waals surface area contributed by atoms with Gasteiger partial charge in [-0.1, -0.05) is 42.5 Å². The predicted molar refractivity (Wildman–Crippen MR) is 69.7 cm³/mol. The Morgan fingerprint density at radius 3 is 2.00 bits per heavy atom. The summed E-state index contributed by atoms with van der Waals surface area (Å²) in [5.41, 5.74) is 0. The van der Waals surface area contributed by atoms with Gasteiger partial charge in [-0.05, 0) is 13.0 Å². The zero-order chi connectivity index (χ0) is 12.8. The topological polar surface area (TPSA) is 35.5 Å². The lowest BCUT2D eigenvalue weighted by molar-refractivity contribution is -0.139. The monoisotopic (exact) mass is 236 g/mol. The Morgan fingerprint density at radius 2 is 1.47 bits per heavy atom. The van der Waals surface area contributed by atoms with Crippen LogP contribution in [0.15, 0.2) is 48.6 Å². The fraction of sp³-hybridized carbons (Fsp3) is 0.357. The highest BCUT2D eigenvalue weighted by atomic mass is 16.5. The summed E-state index contributed by atoms with van der Waals surface area (Å²) in [6.45, 7) is 4.84. The van der Waals surface area contributed by atoms with E-state index in [1.807, 2.05) is 49.5 Å². The minimum Gasteiger partial charge on any atom is -0.462 e. The van der Waals surface area contributed by atoms with Gasteiger partial charge in [0.2, 0.25) is 0 Å². The fourth-order valence-electron chi connectivity index (χ4n) is 0.883. The van der Waals surface area contributed by atoms with Gasteiger partial charge >= 0.3 is 5.97 Å². The average Bonchev–Trinajstić information content (AvgIpc) is 2.30. The summed E-state index contributed by atoms with van der Waals surface area (Å²) in [7, 11) is 0. The summed E-state index contributed by atoms with van der Waals surface area (Å²) in [6, 6.07) is 0. The molecule has 0 bridgehead atoms. The van der Waals surface area contributed by atoms with Crippen molar-refractivity contribution >= 4 is 5.97 Å². The number of carbonyl (C=O) groups is 1. The number of carbonyl (C=O) groups excluding carboxylic acids is 1. The molecule has 0 aromatic carbocycles. The van der Waals surface area contributed by atoms with Crippen LogP contribution in [0.2, 0.25) is 0 Å². The second kappa shape index (κ2) is 12.5. The van der Waals surface area contributed by atoms with E-state index in [1.54, 1.807) is 6.08 Å². The molecule has 0 heterocycles. The van der Waals surface area contributed by atoms with E-state index in [0.717, 1.165) is 0 Å². The summed E-state index contributed by atoms with van der Waals surface area (Å²) in [5.74, 6) is -0.269. The van der Waals surface area contributed by atoms with Crippen LogP contribution in [0.25, 0.3) is 0 Å². The molecule has 0 rings (SSSR count). The van der Waals surface area contributed by atoms with Crippen LogP contribution in [-0.4, -0.2) is 25.8 Å². The Labute approximate surface area is 103 Å². The smallest absolute Gasteiger partial charge is 0.302 e. The van der Waals surface area contributed by atoms with Crippen LogP contribution in [0, 0.1) is 0 Å². The standard InChI is InChI=1S/C14H20O3/c1-3-4-5-8-11-16-12-9-6-7-10-13-17-14(2)15/h3-10H,11-13H2,1-2H3. The third-order valence-electron chi connectivity index (χ3n) is 1.63. The lowest BCUT2D eigenvalue weighted by Crippen LogP contribution is -1.97. The maximum atomic E-state index is 10.4. The summed E-state index contributed by atoms with van der Waals surface area (Å²) in [4.78, 5) is 10.4. The van der Waals surface area contributed by atoms with Crippen LogP contribution >= 0.6 is 0 Å². The summed E-state index contributed by atoms with van der Waals surface area (Å²) in [5, 5.41) is 0. The Bertz CT molecular complexity index is 299. The van der Waals surface area contributed by atoms with E-state index in [2.05, 4.69) is 0 Å². The molecule has 3 heteroatoms. The molecule has 0 amide bonds. The maximum Gasteiger partial charge on any atom is 0.302 e. The van der Waals surface area contributed by atoms with E-state index < -0.39 is 0 Å². The van der Waals surface area contributed by atoms with Crippen molar-refractivity contribution in [2.45, 2.75) is 13.8 Å². The highest BCUT2D eigenvalue weighted by Crippen LogP contribution is 1.84. The van der Waals surface area contributed by atoms with Crippen molar-refractivity contribution < 1.29 is 14.3 Å². The van der Waals surface area contributed by atoms with Gasteiger partial charge in [0.25, 0.3) is 0 Å². The number of hydrogen-bond acceptors (Lipinski definition) is 3. The first-order valence-corrected chi connectivity index (χ1v) is 5.58. The largest absolute Gasteiger partial charge is 0.462 e. The summed E-state index contributed by atoms with van der Waals surface area (Å²) in [6.07, 6.45) is 15.2. The van der Waals surface area contributed by atoms with Crippen LogP contribution in [-0.2, 0) is 14.3 Å². The number of allylic oxidation sites excluding steroid dienone is 5. The third kappa shape index (κ3) is 14.4. The van der Waals surface area contributed by atoms with Gasteiger partial charge in [0.15, 0.2) is 0 Å². The van der Waals surface area contributed by atoms with E-state index in [0.29, 0.717) is 19.8 Å². The predicted octanol–water partition coefficient (Wildman–Crippen LogP) is 2.81. The van der Waals surface area contributed by atoms with Gasteiger partial charge in [-0.25, -0.2) is 0 Å². The number of rotatable bonds is 8. The molecule has 0 atom stereocenters. The first-order valence-electron chi connectivity index (χ1n) is 5.58. The van der Waals surface area contributed by atoms with Crippen LogP contribution in [0.5, 0.6) is 0 Å². The van der Waals surface area contributed by atoms with Crippen LogP contribution in [0.4, 0.5) is 0 Å². The molecular weight excluding hydrogens is 216 g/mol. The molecule has 94 valence electrons. The molecule has 0 aromatic heterocycles. The first-order chi connectivity index (χ1) is 8.27. The molecule has 0 saturated heterocycles. The SMILES string of the molecule is CC=CC=CCOCC=CC=CCOC(C)=O. The normalized spacial score (nSPS) is 12.4. The molecule has 3 nitrogen and oxygen atoms in total. The molecule has 0 fully saturated rings. The van der Waals surface area contributed by atoms with Crippen molar-refractivity contribution in [2.24, 2.45) is 0 Å². The molecule has 0 spiro atoms. The fourth-order valence-corrected chi connectivity index (χ4v) is 0.883. The number of ether oxygens (including phenoxy) is 2. The second-order valence-electron chi connectivity index (χ2n) is 3.15. The van der Waals surface area contributed by atoms with E-state index in [1.165, 1.54) is 6.92 Å². The van der Waals surface area contributed by atoms with Crippen molar-refractivity contribution in [1.29, 1.82) is 0 Å². The molecule has 17 heavy (non-hydrogen) atoms. The third-order valence-corrected chi connectivity index (χ3v) is 1.63. The highest BCUT2D eigenvalue weighted by molar-refractivity contribution is 5.65. The second-order valence-corrected chi connectivity index (χ2v) is 3.15. The van der Waals surface area contributed by atoms with Gasteiger partial charge < -0.3 is 9.47 Å². The van der Waals surface area contributed by atoms with Gasteiger partial charge in [-0.15, -0.1) is 0 Å². The van der Waals surface area contributed by atoms with Crippen LogP contribution < -0.4 is 0 Å². The average molecular weight is 236 g/mol. The van der Waals surface area contributed by atoms with E-state index in [-0.39, 0.29) is 5.97 Å². The molecule has 0 aliphatic carbocycles. The van der Waals surface area contributed by atoms with Gasteiger partial charge in [-0.2, -0.15) is 0 Å². The van der Waals surface area contributed by atoms with Crippen molar-refractivity contribution in [1.82, 2.24) is 0 Å². The lowest BCUT2D eigenvalue weighted by Gasteiger charge is -1.94. The molecule has 0 aromatic rings. The Morgan fingerprint density at radius 1 is 0.941 bits per heavy atom. The molecule has 0 radical (unpaired) electrons. The van der Waals surface area contributed by atoms with Crippen LogP contribution in [0.1, 0.15) is 13.8 Å². The Kier molecular flexibility index (Phi) is 11.3. The molecule has 0 unspecified atom stereocenters. The molecule has 0 saturated carbocycles. The quantitative estimate of drug-likeness (QED) is 0.369. The van der Waals surface area contributed by atoms with E-state index in [9.17, 15) is 4.79 Å². The molecular formula is C14H20O3. The zero-order valence-electron chi connectivity index (χ0n) is 10.5. The Hall–Kier alpha value is -1.61. The number of hydrogen-bond donors (Lipinski definition) is 0. The summed E-state index contributed by atoms with van der Waals surface area (Å²) < 4.78 is 10.0. The lowest BCUT2D eigenvalue weighted by atomic mass is 10.4. The first kappa shape index (κ1) is 15.4. The molecule has 0 aliphatic rings. The molecule has 0 N–H and O–H groups in total. The van der Waals surface area contributed by atoms with E-state index >= 15 is 0 Å². The van der Waals surface area contributed by atoms with Gasteiger partial charge in [0.05, 0.1) is 13.2 Å². The van der Waals surface area contributed by atoms with Gasteiger partial charge in [0.1, 0.15) is 6.61 Å².